The van der Waals surface area contributed by atoms with E-state index in [4.69, 9.17) is 9.15 Å². The summed E-state index contributed by atoms with van der Waals surface area (Å²) in [6.45, 7) is 1.10. The zero-order valence-corrected chi connectivity index (χ0v) is 14.9. The van der Waals surface area contributed by atoms with Gasteiger partial charge in [-0.2, -0.15) is 0 Å². The van der Waals surface area contributed by atoms with Gasteiger partial charge in [0.25, 0.3) is 0 Å². The lowest BCUT2D eigenvalue weighted by Gasteiger charge is -2.22. The van der Waals surface area contributed by atoms with E-state index in [9.17, 15) is 18.0 Å². The van der Waals surface area contributed by atoms with Crippen molar-refractivity contribution in [1.82, 2.24) is 4.57 Å². The average molecular weight is 393 g/mol. The Balaban J connectivity index is 1.63. The van der Waals surface area contributed by atoms with Crippen LogP contribution in [-0.4, -0.2) is 23.6 Å². The molecule has 1 aliphatic heterocycles. The second-order valence-electron chi connectivity index (χ2n) is 6.72. The lowest BCUT2D eigenvalue weighted by Crippen LogP contribution is -2.28. The smallest absolute Gasteiger partial charge is 0.408 e. The Morgan fingerprint density at radius 3 is 2.50 bits per heavy atom. The van der Waals surface area contributed by atoms with Crippen LogP contribution in [0.3, 0.4) is 0 Å². The van der Waals surface area contributed by atoms with Crippen LogP contribution >= 0.6 is 0 Å². The lowest BCUT2D eigenvalue weighted by atomic mass is 10.0. The quantitative estimate of drug-likeness (QED) is 0.643. The summed E-state index contributed by atoms with van der Waals surface area (Å²) in [6, 6.07) is 10.8. The van der Waals surface area contributed by atoms with E-state index in [1.54, 1.807) is 22.8 Å². The van der Waals surface area contributed by atoms with Gasteiger partial charge in [0.05, 0.1) is 18.2 Å². The molecular formula is C20H18F3NO4. The van der Waals surface area contributed by atoms with Gasteiger partial charge in [-0.1, -0.05) is 18.2 Å². The average Bonchev–Trinajstić information content (AvgIpc) is 2.97. The molecule has 1 fully saturated rings. The minimum absolute atomic E-state index is 0.0327. The molecule has 0 unspecified atom stereocenters. The van der Waals surface area contributed by atoms with Crippen molar-refractivity contribution in [1.29, 1.82) is 0 Å². The van der Waals surface area contributed by atoms with Crippen LogP contribution in [0.5, 0.6) is 5.75 Å². The molecule has 0 amide bonds. The SMILES string of the molecule is O=c1oc2ccc(-c3ccc(OC(F)(F)F)cc3)cc2n1C[C@H]1CCCCO1. The predicted molar refractivity (Wildman–Crippen MR) is 96.2 cm³/mol. The third-order valence-electron chi connectivity index (χ3n) is 4.75. The Kier molecular flexibility index (Phi) is 4.89. The highest BCUT2D eigenvalue weighted by atomic mass is 19.4. The van der Waals surface area contributed by atoms with Gasteiger partial charge in [0.2, 0.25) is 0 Å². The zero-order valence-electron chi connectivity index (χ0n) is 14.9. The number of hydrogen-bond acceptors (Lipinski definition) is 4. The molecule has 148 valence electrons. The maximum Gasteiger partial charge on any atom is 0.573 e. The minimum Gasteiger partial charge on any atom is -0.408 e. The van der Waals surface area contributed by atoms with E-state index in [0.29, 0.717) is 29.8 Å². The topological polar surface area (TPSA) is 53.6 Å². The van der Waals surface area contributed by atoms with Crippen LogP contribution in [0.25, 0.3) is 22.2 Å². The molecule has 1 saturated heterocycles. The Hall–Kier alpha value is -2.74. The van der Waals surface area contributed by atoms with Crippen LogP contribution in [0.4, 0.5) is 13.2 Å². The fourth-order valence-corrected chi connectivity index (χ4v) is 3.42. The van der Waals surface area contributed by atoms with Crippen molar-refractivity contribution in [3.63, 3.8) is 0 Å². The second-order valence-corrected chi connectivity index (χ2v) is 6.72. The molecule has 28 heavy (non-hydrogen) atoms. The van der Waals surface area contributed by atoms with Gasteiger partial charge >= 0.3 is 12.1 Å². The molecule has 3 aromatic rings. The van der Waals surface area contributed by atoms with E-state index in [0.717, 1.165) is 24.8 Å². The molecule has 2 heterocycles. The van der Waals surface area contributed by atoms with E-state index < -0.39 is 12.1 Å². The second kappa shape index (κ2) is 7.35. The summed E-state index contributed by atoms with van der Waals surface area (Å²) in [5, 5.41) is 0. The number of hydrogen-bond donors (Lipinski definition) is 0. The first-order valence-electron chi connectivity index (χ1n) is 9.00. The van der Waals surface area contributed by atoms with Gasteiger partial charge in [-0.15, -0.1) is 13.2 Å². The molecule has 4 rings (SSSR count). The monoisotopic (exact) mass is 393 g/mol. The number of aromatic nitrogens is 1. The van der Waals surface area contributed by atoms with E-state index in [2.05, 4.69) is 4.74 Å². The van der Waals surface area contributed by atoms with Crippen molar-refractivity contribution < 1.29 is 27.1 Å². The number of fused-ring (bicyclic) bond motifs is 1. The third kappa shape index (κ3) is 4.06. The summed E-state index contributed by atoms with van der Waals surface area (Å²) < 4.78 is 53.4. The largest absolute Gasteiger partial charge is 0.573 e. The summed E-state index contributed by atoms with van der Waals surface area (Å²) in [4.78, 5) is 12.3. The normalized spacial score (nSPS) is 17.8. The van der Waals surface area contributed by atoms with Gasteiger partial charge in [0.15, 0.2) is 5.58 Å². The van der Waals surface area contributed by atoms with Crippen LogP contribution in [0.15, 0.2) is 51.7 Å². The molecule has 8 heteroatoms. The predicted octanol–water partition coefficient (Wildman–Crippen LogP) is 4.73. The summed E-state index contributed by atoms with van der Waals surface area (Å²) in [5.41, 5.74) is 2.55. The molecule has 0 bridgehead atoms. The molecule has 0 spiro atoms. The molecule has 0 radical (unpaired) electrons. The van der Waals surface area contributed by atoms with E-state index in [-0.39, 0.29) is 11.9 Å². The van der Waals surface area contributed by atoms with Crippen molar-refractivity contribution in [2.75, 3.05) is 6.61 Å². The fourth-order valence-electron chi connectivity index (χ4n) is 3.42. The molecular weight excluding hydrogens is 375 g/mol. The number of nitrogens with zero attached hydrogens (tertiary/aromatic N) is 1. The highest BCUT2D eigenvalue weighted by molar-refractivity contribution is 5.80. The zero-order chi connectivity index (χ0) is 19.7. The molecule has 0 saturated carbocycles. The molecule has 1 aliphatic rings. The summed E-state index contributed by atoms with van der Waals surface area (Å²) in [5.74, 6) is -0.734. The Morgan fingerprint density at radius 1 is 1.07 bits per heavy atom. The highest BCUT2D eigenvalue weighted by Gasteiger charge is 2.31. The lowest BCUT2D eigenvalue weighted by molar-refractivity contribution is -0.274. The van der Waals surface area contributed by atoms with Crippen molar-refractivity contribution >= 4 is 11.1 Å². The maximum atomic E-state index is 12.3. The standard InChI is InChI=1S/C20H18F3NO4/c21-20(22,23)28-15-7-4-13(5-8-15)14-6-9-18-17(11-14)24(19(25)27-18)12-16-3-1-2-10-26-16/h4-9,11,16H,1-3,10,12H2/t16-/m1/s1. The fraction of sp³-hybridized carbons (Fsp3) is 0.350. The van der Waals surface area contributed by atoms with Crippen LogP contribution in [0, 0.1) is 0 Å². The first-order chi connectivity index (χ1) is 13.4. The van der Waals surface area contributed by atoms with Crippen LogP contribution in [-0.2, 0) is 11.3 Å². The minimum atomic E-state index is -4.73. The Morgan fingerprint density at radius 2 is 1.82 bits per heavy atom. The maximum absolute atomic E-state index is 12.3. The summed E-state index contributed by atoms with van der Waals surface area (Å²) in [7, 11) is 0. The summed E-state index contributed by atoms with van der Waals surface area (Å²) >= 11 is 0. The third-order valence-corrected chi connectivity index (χ3v) is 4.75. The molecule has 5 nitrogen and oxygen atoms in total. The number of rotatable bonds is 4. The number of halogens is 3. The molecule has 1 aromatic heterocycles. The van der Waals surface area contributed by atoms with Crippen LogP contribution in [0.1, 0.15) is 19.3 Å². The van der Waals surface area contributed by atoms with Crippen molar-refractivity contribution in [2.45, 2.75) is 38.3 Å². The Labute approximate surface area is 158 Å². The van der Waals surface area contributed by atoms with Gasteiger partial charge < -0.3 is 13.9 Å². The molecule has 0 N–H and O–H groups in total. The van der Waals surface area contributed by atoms with Crippen molar-refractivity contribution in [3.8, 4) is 16.9 Å². The van der Waals surface area contributed by atoms with Gasteiger partial charge in [-0.05, 0) is 54.7 Å². The number of benzene rings is 2. The van der Waals surface area contributed by atoms with E-state index in [1.807, 2.05) is 0 Å². The first-order valence-corrected chi connectivity index (χ1v) is 9.00. The van der Waals surface area contributed by atoms with Crippen LogP contribution < -0.4 is 10.5 Å². The molecule has 1 atom stereocenters. The first kappa shape index (κ1) is 18.6. The Bertz CT molecular complexity index is 1010. The van der Waals surface area contributed by atoms with Gasteiger partial charge in [0.1, 0.15) is 5.75 Å². The van der Waals surface area contributed by atoms with Crippen LogP contribution in [0.2, 0.25) is 0 Å². The highest BCUT2D eigenvalue weighted by Crippen LogP contribution is 2.28. The van der Waals surface area contributed by atoms with E-state index >= 15 is 0 Å². The van der Waals surface area contributed by atoms with Gasteiger partial charge in [-0.3, -0.25) is 4.57 Å². The van der Waals surface area contributed by atoms with Crippen molar-refractivity contribution in [3.05, 3.63) is 53.0 Å². The van der Waals surface area contributed by atoms with Gasteiger partial charge in [-0.25, -0.2) is 4.79 Å². The van der Waals surface area contributed by atoms with E-state index in [1.165, 1.54) is 24.3 Å². The molecule has 2 aromatic carbocycles. The van der Waals surface area contributed by atoms with Gasteiger partial charge in [0, 0.05) is 6.61 Å². The number of oxazole rings is 1. The number of alkyl halides is 3. The summed E-state index contributed by atoms with van der Waals surface area (Å²) in [6.07, 6.45) is -1.79. The number of ether oxygens (including phenoxy) is 2. The van der Waals surface area contributed by atoms with Crippen molar-refractivity contribution in [2.24, 2.45) is 0 Å². The molecule has 0 aliphatic carbocycles.